The number of piperidine rings is 1. The number of aryl methyl sites for hydroxylation is 1. The molecule has 2 unspecified atom stereocenters. The van der Waals surface area contributed by atoms with Crippen molar-refractivity contribution < 1.29 is 5.11 Å². The van der Waals surface area contributed by atoms with E-state index in [9.17, 15) is 5.11 Å². The Balaban J connectivity index is 2.17. The number of hydrogen-bond donors (Lipinski definition) is 2. The van der Waals surface area contributed by atoms with Gasteiger partial charge in [0.2, 0.25) is 0 Å². The molecule has 1 aromatic heterocycles. The number of likely N-dealkylation sites (tertiary alicyclic amines) is 1. The van der Waals surface area contributed by atoms with Crippen molar-refractivity contribution in [3.63, 3.8) is 0 Å². The maximum absolute atomic E-state index is 9.89. The van der Waals surface area contributed by atoms with Crippen molar-refractivity contribution in [1.82, 2.24) is 9.88 Å². The fourth-order valence-electron chi connectivity index (χ4n) is 2.77. The summed E-state index contributed by atoms with van der Waals surface area (Å²) in [6.45, 7) is 5.55. The van der Waals surface area contributed by atoms with Crippen LogP contribution < -0.4 is 5.73 Å². The number of aromatic hydroxyl groups is 1. The molecule has 0 spiro atoms. The number of hydrogen-bond acceptors (Lipinski definition) is 4. The van der Waals surface area contributed by atoms with Gasteiger partial charge in [-0.05, 0) is 38.8 Å². The first kappa shape index (κ1) is 13.3. The molecule has 1 saturated heterocycles. The van der Waals surface area contributed by atoms with E-state index in [1.165, 1.54) is 12.8 Å². The van der Waals surface area contributed by atoms with Gasteiger partial charge >= 0.3 is 0 Å². The Hall–Kier alpha value is -1.13. The average molecular weight is 249 g/mol. The van der Waals surface area contributed by atoms with Crippen LogP contribution in [-0.4, -0.2) is 33.6 Å². The van der Waals surface area contributed by atoms with Crippen LogP contribution in [-0.2, 0) is 6.54 Å². The van der Waals surface area contributed by atoms with E-state index < -0.39 is 0 Å². The van der Waals surface area contributed by atoms with Crippen LogP contribution in [0.3, 0.4) is 0 Å². The lowest BCUT2D eigenvalue weighted by Crippen LogP contribution is -2.48. The molecule has 0 saturated carbocycles. The first-order chi connectivity index (χ1) is 8.61. The van der Waals surface area contributed by atoms with Gasteiger partial charge in [-0.25, -0.2) is 0 Å². The van der Waals surface area contributed by atoms with Crippen molar-refractivity contribution in [3.8, 4) is 5.75 Å². The topological polar surface area (TPSA) is 62.4 Å². The summed E-state index contributed by atoms with van der Waals surface area (Å²) in [5, 5.41) is 9.89. The molecule has 4 heteroatoms. The van der Waals surface area contributed by atoms with Gasteiger partial charge in [0.05, 0.1) is 5.69 Å². The van der Waals surface area contributed by atoms with Gasteiger partial charge < -0.3 is 10.8 Å². The quantitative estimate of drug-likeness (QED) is 0.857. The summed E-state index contributed by atoms with van der Waals surface area (Å²) < 4.78 is 0. The molecule has 2 rings (SSSR count). The standard InChI is InChI=1S/C14H23N3O/c1-10-6-7-14(18)13(16-10)9-17-11(2)4-3-5-12(17)8-15/h6-7,11-12,18H,3-5,8-9,15H2,1-2H3. The Kier molecular flexibility index (Phi) is 4.19. The molecule has 0 aromatic carbocycles. The Morgan fingerprint density at radius 1 is 1.44 bits per heavy atom. The minimum atomic E-state index is 0.286. The van der Waals surface area contributed by atoms with E-state index in [-0.39, 0.29) is 5.75 Å². The summed E-state index contributed by atoms with van der Waals surface area (Å²) in [6.07, 6.45) is 3.59. The van der Waals surface area contributed by atoms with Crippen LogP contribution in [0.5, 0.6) is 5.75 Å². The van der Waals surface area contributed by atoms with Gasteiger partial charge in [0.25, 0.3) is 0 Å². The summed E-state index contributed by atoms with van der Waals surface area (Å²) in [6, 6.07) is 4.48. The van der Waals surface area contributed by atoms with Crippen molar-refractivity contribution in [3.05, 3.63) is 23.5 Å². The smallest absolute Gasteiger partial charge is 0.138 e. The van der Waals surface area contributed by atoms with Gasteiger partial charge in [-0.2, -0.15) is 0 Å². The largest absolute Gasteiger partial charge is 0.506 e. The highest BCUT2D eigenvalue weighted by Crippen LogP contribution is 2.26. The van der Waals surface area contributed by atoms with Gasteiger partial charge in [0, 0.05) is 30.9 Å². The second kappa shape index (κ2) is 5.67. The fraction of sp³-hybridized carbons (Fsp3) is 0.643. The third kappa shape index (κ3) is 2.82. The van der Waals surface area contributed by atoms with E-state index in [4.69, 9.17) is 5.73 Å². The fourth-order valence-corrected chi connectivity index (χ4v) is 2.77. The SMILES string of the molecule is Cc1ccc(O)c(CN2C(C)CCCC2CN)n1. The highest BCUT2D eigenvalue weighted by molar-refractivity contribution is 5.27. The molecule has 100 valence electrons. The van der Waals surface area contributed by atoms with Crippen molar-refractivity contribution in [2.75, 3.05) is 6.54 Å². The van der Waals surface area contributed by atoms with E-state index in [0.717, 1.165) is 17.8 Å². The maximum atomic E-state index is 9.89. The Labute approximate surface area is 109 Å². The highest BCUT2D eigenvalue weighted by Gasteiger charge is 2.27. The molecule has 2 atom stereocenters. The number of aromatic nitrogens is 1. The molecule has 3 N–H and O–H groups in total. The first-order valence-electron chi connectivity index (χ1n) is 6.73. The predicted octanol–water partition coefficient (Wildman–Crippen LogP) is 1.80. The summed E-state index contributed by atoms with van der Waals surface area (Å²) in [5.41, 5.74) is 7.56. The Morgan fingerprint density at radius 2 is 2.22 bits per heavy atom. The molecule has 2 heterocycles. The molecular weight excluding hydrogens is 226 g/mol. The zero-order valence-electron chi connectivity index (χ0n) is 11.3. The lowest BCUT2D eigenvalue weighted by Gasteiger charge is -2.40. The summed E-state index contributed by atoms with van der Waals surface area (Å²) >= 11 is 0. The molecule has 1 fully saturated rings. The minimum absolute atomic E-state index is 0.286. The zero-order valence-corrected chi connectivity index (χ0v) is 11.3. The molecular formula is C14H23N3O. The normalized spacial score (nSPS) is 25.3. The monoisotopic (exact) mass is 249 g/mol. The van der Waals surface area contributed by atoms with Crippen molar-refractivity contribution in [2.45, 2.75) is 51.7 Å². The van der Waals surface area contributed by atoms with Crippen LogP contribution in [0, 0.1) is 6.92 Å². The number of pyridine rings is 1. The number of nitrogens with two attached hydrogens (primary N) is 1. The molecule has 1 aliphatic heterocycles. The second-order valence-electron chi connectivity index (χ2n) is 5.26. The van der Waals surface area contributed by atoms with Crippen LogP contribution in [0.2, 0.25) is 0 Å². The lowest BCUT2D eigenvalue weighted by molar-refractivity contribution is 0.0868. The number of nitrogens with zero attached hydrogens (tertiary/aromatic N) is 2. The lowest BCUT2D eigenvalue weighted by atomic mass is 9.96. The molecule has 1 aliphatic rings. The van der Waals surface area contributed by atoms with E-state index in [1.807, 2.05) is 13.0 Å². The summed E-state index contributed by atoms with van der Waals surface area (Å²) in [4.78, 5) is 6.82. The van der Waals surface area contributed by atoms with E-state index in [1.54, 1.807) is 6.07 Å². The molecule has 0 bridgehead atoms. The molecule has 4 nitrogen and oxygen atoms in total. The van der Waals surface area contributed by atoms with Gasteiger partial charge in [-0.3, -0.25) is 9.88 Å². The molecule has 0 radical (unpaired) electrons. The number of rotatable bonds is 3. The second-order valence-corrected chi connectivity index (χ2v) is 5.26. The van der Waals surface area contributed by atoms with Crippen LogP contribution in [0.4, 0.5) is 0 Å². The zero-order chi connectivity index (χ0) is 13.1. The molecule has 18 heavy (non-hydrogen) atoms. The average Bonchev–Trinajstić information content (AvgIpc) is 2.36. The Morgan fingerprint density at radius 3 is 2.94 bits per heavy atom. The van der Waals surface area contributed by atoms with Crippen molar-refractivity contribution in [1.29, 1.82) is 0 Å². The molecule has 0 aliphatic carbocycles. The van der Waals surface area contributed by atoms with Crippen molar-refractivity contribution in [2.24, 2.45) is 5.73 Å². The maximum Gasteiger partial charge on any atom is 0.138 e. The summed E-state index contributed by atoms with van der Waals surface area (Å²) in [7, 11) is 0. The highest BCUT2D eigenvalue weighted by atomic mass is 16.3. The van der Waals surface area contributed by atoms with E-state index in [2.05, 4.69) is 16.8 Å². The van der Waals surface area contributed by atoms with Gasteiger partial charge in [0.1, 0.15) is 5.75 Å². The molecule has 0 amide bonds. The molecule has 1 aromatic rings. The van der Waals surface area contributed by atoms with Crippen molar-refractivity contribution >= 4 is 0 Å². The Bertz CT molecular complexity index is 408. The van der Waals surface area contributed by atoms with Crippen LogP contribution in [0.25, 0.3) is 0 Å². The van der Waals surface area contributed by atoms with Crippen LogP contribution in [0.1, 0.15) is 37.6 Å². The third-order valence-corrected chi connectivity index (χ3v) is 3.89. The minimum Gasteiger partial charge on any atom is -0.506 e. The predicted molar refractivity (Wildman–Crippen MR) is 72.3 cm³/mol. The van der Waals surface area contributed by atoms with Gasteiger partial charge in [-0.15, -0.1) is 0 Å². The first-order valence-corrected chi connectivity index (χ1v) is 6.73. The summed E-state index contributed by atoms with van der Waals surface area (Å²) in [5.74, 6) is 0.286. The van der Waals surface area contributed by atoms with E-state index in [0.29, 0.717) is 25.2 Å². The van der Waals surface area contributed by atoms with Gasteiger partial charge in [0.15, 0.2) is 0 Å². The third-order valence-electron chi connectivity index (χ3n) is 3.89. The van der Waals surface area contributed by atoms with E-state index >= 15 is 0 Å². The van der Waals surface area contributed by atoms with Crippen LogP contribution >= 0.6 is 0 Å². The van der Waals surface area contributed by atoms with Crippen LogP contribution in [0.15, 0.2) is 12.1 Å². The van der Waals surface area contributed by atoms with Gasteiger partial charge in [-0.1, -0.05) is 6.42 Å².